The summed E-state index contributed by atoms with van der Waals surface area (Å²) in [5.41, 5.74) is 5.77. The van der Waals surface area contributed by atoms with Gasteiger partial charge in [0.2, 0.25) is 0 Å². The molecule has 0 spiro atoms. The van der Waals surface area contributed by atoms with Gasteiger partial charge >= 0.3 is 6.18 Å². The summed E-state index contributed by atoms with van der Waals surface area (Å²) < 4.78 is 37.2. The van der Waals surface area contributed by atoms with E-state index >= 15 is 0 Å². The third kappa shape index (κ3) is 4.31. The summed E-state index contributed by atoms with van der Waals surface area (Å²) in [6.07, 6.45) is -4.27. The second kappa shape index (κ2) is 6.20. The molecule has 2 nitrogen and oxygen atoms in total. The molecule has 0 saturated heterocycles. The number of nitrogens with two attached hydrogens (primary N) is 1. The third-order valence-electron chi connectivity index (χ3n) is 2.81. The van der Waals surface area contributed by atoms with Gasteiger partial charge in [0.15, 0.2) is 0 Å². The predicted octanol–water partition coefficient (Wildman–Crippen LogP) is 2.87. The van der Waals surface area contributed by atoms with Crippen LogP contribution < -0.4 is 5.73 Å². The Kier molecular flexibility index (Phi) is 5.16. The Bertz CT molecular complexity index is 357. The normalized spacial score (nSPS) is 12.4. The molecule has 0 unspecified atom stereocenters. The lowest BCUT2D eigenvalue weighted by Gasteiger charge is -2.26. The third-order valence-corrected chi connectivity index (χ3v) is 2.81. The van der Waals surface area contributed by atoms with Crippen molar-refractivity contribution in [3.63, 3.8) is 0 Å². The van der Waals surface area contributed by atoms with E-state index in [9.17, 15) is 13.2 Å². The van der Waals surface area contributed by atoms with Gasteiger partial charge in [-0.1, -0.05) is 12.1 Å². The van der Waals surface area contributed by atoms with Gasteiger partial charge in [0, 0.05) is 25.7 Å². The summed E-state index contributed by atoms with van der Waals surface area (Å²) in [5, 5.41) is 0. The summed E-state index contributed by atoms with van der Waals surface area (Å²) in [6, 6.07) is 5.60. The van der Waals surface area contributed by atoms with E-state index in [-0.39, 0.29) is 0 Å². The molecule has 1 aromatic rings. The highest BCUT2D eigenvalue weighted by atomic mass is 19.4. The average molecular weight is 260 g/mol. The first-order valence-corrected chi connectivity index (χ1v) is 5.95. The van der Waals surface area contributed by atoms with Gasteiger partial charge in [0.1, 0.15) is 0 Å². The van der Waals surface area contributed by atoms with Crippen molar-refractivity contribution in [1.29, 1.82) is 0 Å². The van der Waals surface area contributed by atoms with E-state index in [4.69, 9.17) is 5.73 Å². The molecule has 0 bridgehead atoms. The van der Waals surface area contributed by atoms with Gasteiger partial charge in [-0.3, -0.25) is 4.90 Å². The standard InChI is InChI=1S/C13H19F3N2/c1-10(2)18(8-7-17)9-11-3-5-12(6-4-11)13(14,15)16/h3-6,10H,7-9,17H2,1-2H3. The lowest BCUT2D eigenvalue weighted by molar-refractivity contribution is -0.137. The van der Waals surface area contributed by atoms with Gasteiger partial charge in [-0.2, -0.15) is 13.2 Å². The van der Waals surface area contributed by atoms with Crippen molar-refractivity contribution in [3.8, 4) is 0 Å². The van der Waals surface area contributed by atoms with Crippen molar-refractivity contribution in [3.05, 3.63) is 35.4 Å². The first-order valence-electron chi connectivity index (χ1n) is 5.95. The molecule has 0 aromatic heterocycles. The van der Waals surface area contributed by atoms with E-state index in [1.165, 1.54) is 12.1 Å². The summed E-state index contributed by atoms with van der Waals surface area (Å²) in [6.45, 7) is 5.98. The molecule has 1 rings (SSSR count). The fraction of sp³-hybridized carbons (Fsp3) is 0.538. The molecule has 0 saturated carbocycles. The van der Waals surface area contributed by atoms with Crippen LogP contribution in [0, 0.1) is 0 Å². The topological polar surface area (TPSA) is 29.3 Å². The van der Waals surface area contributed by atoms with Gasteiger partial charge < -0.3 is 5.73 Å². The fourth-order valence-electron chi connectivity index (χ4n) is 1.72. The minimum atomic E-state index is -4.27. The Morgan fingerprint density at radius 3 is 2.11 bits per heavy atom. The predicted molar refractivity (Wildman–Crippen MR) is 66.0 cm³/mol. The number of alkyl halides is 3. The molecule has 0 fully saturated rings. The Labute approximate surface area is 106 Å². The van der Waals surface area contributed by atoms with Gasteiger partial charge in [0.05, 0.1) is 5.56 Å². The van der Waals surface area contributed by atoms with Crippen LogP contribution >= 0.6 is 0 Å². The minimum absolute atomic E-state index is 0.316. The van der Waals surface area contributed by atoms with Crippen molar-refractivity contribution in [1.82, 2.24) is 4.90 Å². The number of nitrogens with zero attached hydrogens (tertiary/aromatic N) is 1. The maximum absolute atomic E-state index is 12.4. The van der Waals surface area contributed by atoms with E-state index in [1.807, 2.05) is 13.8 Å². The molecule has 5 heteroatoms. The van der Waals surface area contributed by atoms with E-state index in [2.05, 4.69) is 4.90 Å². The molecule has 0 amide bonds. The SMILES string of the molecule is CC(C)N(CCN)Cc1ccc(C(F)(F)F)cc1. The van der Waals surface area contributed by atoms with E-state index < -0.39 is 11.7 Å². The molecular formula is C13H19F3N2. The van der Waals surface area contributed by atoms with Crippen molar-refractivity contribution < 1.29 is 13.2 Å². The molecule has 0 radical (unpaired) electrons. The zero-order valence-corrected chi connectivity index (χ0v) is 10.7. The van der Waals surface area contributed by atoms with Gasteiger partial charge in [0.25, 0.3) is 0 Å². The second-order valence-electron chi connectivity index (χ2n) is 4.55. The molecule has 2 N–H and O–H groups in total. The average Bonchev–Trinajstić information content (AvgIpc) is 2.28. The van der Waals surface area contributed by atoms with Crippen molar-refractivity contribution in [2.45, 2.75) is 32.6 Å². The van der Waals surface area contributed by atoms with Crippen LogP contribution in [0.5, 0.6) is 0 Å². The van der Waals surface area contributed by atoms with Crippen LogP contribution in [0.15, 0.2) is 24.3 Å². The number of hydrogen-bond acceptors (Lipinski definition) is 2. The Morgan fingerprint density at radius 2 is 1.72 bits per heavy atom. The molecule has 0 aliphatic rings. The summed E-state index contributed by atoms with van der Waals surface area (Å²) in [7, 11) is 0. The van der Waals surface area contributed by atoms with Crippen LogP contribution in [-0.4, -0.2) is 24.0 Å². The first-order chi connectivity index (χ1) is 8.34. The lowest BCUT2D eigenvalue weighted by atomic mass is 10.1. The number of halogens is 3. The fourth-order valence-corrected chi connectivity index (χ4v) is 1.72. The molecule has 0 aliphatic carbocycles. The number of benzene rings is 1. The van der Waals surface area contributed by atoms with Crippen molar-refractivity contribution >= 4 is 0 Å². The molecular weight excluding hydrogens is 241 g/mol. The van der Waals surface area contributed by atoms with Crippen LogP contribution in [0.3, 0.4) is 0 Å². The smallest absolute Gasteiger partial charge is 0.329 e. The van der Waals surface area contributed by atoms with Crippen molar-refractivity contribution in [2.24, 2.45) is 5.73 Å². The Balaban J connectivity index is 2.73. The van der Waals surface area contributed by atoms with Crippen LogP contribution in [0.1, 0.15) is 25.0 Å². The summed E-state index contributed by atoms with van der Waals surface area (Å²) >= 11 is 0. The maximum Gasteiger partial charge on any atom is 0.416 e. The lowest BCUT2D eigenvalue weighted by Crippen LogP contribution is -2.34. The molecule has 0 heterocycles. The quantitative estimate of drug-likeness (QED) is 0.882. The van der Waals surface area contributed by atoms with Crippen LogP contribution in [-0.2, 0) is 12.7 Å². The van der Waals surface area contributed by atoms with E-state index in [0.29, 0.717) is 19.1 Å². The highest BCUT2D eigenvalue weighted by molar-refractivity contribution is 5.24. The Morgan fingerprint density at radius 1 is 1.17 bits per heavy atom. The minimum Gasteiger partial charge on any atom is -0.329 e. The van der Waals surface area contributed by atoms with Crippen LogP contribution in [0.2, 0.25) is 0 Å². The van der Waals surface area contributed by atoms with Crippen LogP contribution in [0.25, 0.3) is 0 Å². The highest BCUT2D eigenvalue weighted by Gasteiger charge is 2.29. The molecule has 18 heavy (non-hydrogen) atoms. The second-order valence-corrected chi connectivity index (χ2v) is 4.55. The highest BCUT2D eigenvalue weighted by Crippen LogP contribution is 2.29. The number of rotatable bonds is 5. The largest absolute Gasteiger partial charge is 0.416 e. The molecule has 0 aliphatic heterocycles. The van der Waals surface area contributed by atoms with E-state index in [1.54, 1.807) is 0 Å². The zero-order valence-electron chi connectivity index (χ0n) is 10.7. The van der Waals surface area contributed by atoms with Gasteiger partial charge in [-0.15, -0.1) is 0 Å². The van der Waals surface area contributed by atoms with E-state index in [0.717, 1.165) is 24.2 Å². The molecule has 1 aromatic carbocycles. The summed E-state index contributed by atoms with van der Waals surface area (Å²) in [4.78, 5) is 2.13. The van der Waals surface area contributed by atoms with Crippen molar-refractivity contribution in [2.75, 3.05) is 13.1 Å². The maximum atomic E-state index is 12.4. The Hall–Kier alpha value is -1.07. The zero-order chi connectivity index (χ0) is 13.8. The van der Waals surface area contributed by atoms with Gasteiger partial charge in [-0.25, -0.2) is 0 Å². The monoisotopic (exact) mass is 260 g/mol. The molecule has 102 valence electrons. The number of hydrogen-bond donors (Lipinski definition) is 1. The molecule has 0 atom stereocenters. The summed E-state index contributed by atoms with van der Waals surface area (Å²) in [5.74, 6) is 0. The van der Waals surface area contributed by atoms with Crippen LogP contribution in [0.4, 0.5) is 13.2 Å². The first kappa shape index (κ1) is 15.0. The van der Waals surface area contributed by atoms with Gasteiger partial charge in [-0.05, 0) is 31.5 Å².